The lowest BCUT2D eigenvalue weighted by Crippen LogP contribution is -2.42. The Morgan fingerprint density at radius 3 is 3.00 bits per heavy atom. The quantitative estimate of drug-likeness (QED) is 0.903. The maximum atomic E-state index is 12.0. The Bertz CT molecular complexity index is 539. The van der Waals surface area contributed by atoms with Crippen LogP contribution in [0.15, 0.2) is 17.8 Å². The second-order valence-corrected chi connectivity index (χ2v) is 6.03. The number of likely N-dealkylation sites (tertiary alicyclic amines) is 1. The lowest BCUT2D eigenvalue weighted by Gasteiger charge is -2.29. The lowest BCUT2D eigenvalue weighted by molar-refractivity contribution is -0.119. The number of ketones is 1. The molecule has 0 unspecified atom stereocenters. The van der Waals surface area contributed by atoms with Gasteiger partial charge in [0, 0.05) is 36.9 Å². The molecule has 102 valence electrons. The van der Waals surface area contributed by atoms with Crippen LogP contribution in [-0.4, -0.2) is 45.7 Å². The van der Waals surface area contributed by atoms with Crippen LogP contribution >= 0.6 is 11.3 Å². The van der Waals surface area contributed by atoms with E-state index in [1.54, 1.807) is 11.3 Å². The molecule has 0 atom stereocenters. The largest absolute Gasteiger partial charge is 0.328 e. The molecular weight excluding hydrogens is 260 g/mol. The van der Waals surface area contributed by atoms with E-state index in [1.165, 1.54) is 0 Å². The Morgan fingerprint density at radius 2 is 2.26 bits per heavy atom. The Hall–Kier alpha value is -1.24. The average molecular weight is 278 g/mol. The van der Waals surface area contributed by atoms with Crippen molar-refractivity contribution in [3.8, 4) is 0 Å². The van der Waals surface area contributed by atoms with E-state index in [-0.39, 0.29) is 5.78 Å². The molecule has 0 bridgehead atoms. The fourth-order valence-electron chi connectivity index (χ4n) is 2.48. The summed E-state index contributed by atoms with van der Waals surface area (Å²) >= 11 is 1.59. The SMILES string of the molecule is NC1CCN(CC(=O)Cc2cn3ccsc3n2)CC1. The summed E-state index contributed by atoms with van der Waals surface area (Å²) in [6, 6.07) is 0.311. The van der Waals surface area contributed by atoms with Gasteiger partial charge in [-0.15, -0.1) is 11.3 Å². The first kappa shape index (κ1) is 12.8. The predicted octanol–water partition coefficient (Wildman–Crippen LogP) is 0.930. The van der Waals surface area contributed by atoms with Gasteiger partial charge in [0.1, 0.15) is 0 Å². The Kier molecular flexibility index (Phi) is 3.63. The summed E-state index contributed by atoms with van der Waals surface area (Å²) in [6.45, 7) is 2.40. The van der Waals surface area contributed by atoms with Crippen LogP contribution < -0.4 is 5.73 Å². The second-order valence-electron chi connectivity index (χ2n) is 5.15. The zero-order valence-corrected chi connectivity index (χ0v) is 11.6. The van der Waals surface area contributed by atoms with Crippen molar-refractivity contribution in [2.24, 2.45) is 5.73 Å². The van der Waals surface area contributed by atoms with Crippen LogP contribution in [0.1, 0.15) is 18.5 Å². The zero-order chi connectivity index (χ0) is 13.2. The number of carbonyl (C=O) groups excluding carboxylic acids is 1. The first-order valence-electron chi connectivity index (χ1n) is 6.61. The number of Topliss-reactive ketones (excluding diaryl/α,β-unsaturated/α-hetero) is 1. The second kappa shape index (κ2) is 5.40. The summed E-state index contributed by atoms with van der Waals surface area (Å²) in [5.74, 6) is 0.237. The fraction of sp³-hybridized carbons (Fsp3) is 0.538. The molecular formula is C13H18N4OS. The molecule has 2 aromatic rings. The molecule has 0 aliphatic carbocycles. The molecule has 3 heterocycles. The van der Waals surface area contributed by atoms with E-state index in [9.17, 15) is 4.79 Å². The fourth-order valence-corrected chi connectivity index (χ4v) is 3.20. The number of thiazole rings is 1. The number of aromatic nitrogens is 2. The summed E-state index contributed by atoms with van der Waals surface area (Å²) in [7, 11) is 0. The van der Waals surface area contributed by atoms with Crippen LogP contribution in [0, 0.1) is 0 Å². The maximum absolute atomic E-state index is 12.0. The van der Waals surface area contributed by atoms with Crippen molar-refractivity contribution in [2.45, 2.75) is 25.3 Å². The highest BCUT2D eigenvalue weighted by molar-refractivity contribution is 7.15. The third kappa shape index (κ3) is 3.02. The van der Waals surface area contributed by atoms with Gasteiger partial charge >= 0.3 is 0 Å². The Balaban J connectivity index is 1.55. The molecule has 1 aliphatic rings. The minimum atomic E-state index is 0.237. The average Bonchev–Trinajstić information content (AvgIpc) is 2.92. The van der Waals surface area contributed by atoms with Crippen molar-refractivity contribution >= 4 is 22.1 Å². The molecule has 2 aromatic heterocycles. The number of rotatable bonds is 4. The van der Waals surface area contributed by atoms with Crippen molar-refractivity contribution in [2.75, 3.05) is 19.6 Å². The Labute approximate surface area is 116 Å². The van der Waals surface area contributed by atoms with Crippen molar-refractivity contribution < 1.29 is 4.79 Å². The molecule has 6 heteroatoms. The van der Waals surface area contributed by atoms with Crippen LogP contribution in [0.5, 0.6) is 0 Å². The number of hydrogen-bond acceptors (Lipinski definition) is 5. The molecule has 1 saturated heterocycles. The minimum absolute atomic E-state index is 0.237. The molecule has 0 aromatic carbocycles. The minimum Gasteiger partial charge on any atom is -0.328 e. The lowest BCUT2D eigenvalue weighted by atomic mass is 10.1. The van der Waals surface area contributed by atoms with E-state index in [0.717, 1.165) is 36.6 Å². The van der Waals surface area contributed by atoms with Gasteiger partial charge in [0.2, 0.25) is 0 Å². The van der Waals surface area contributed by atoms with E-state index < -0.39 is 0 Å². The topological polar surface area (TPSA) is 63.6 Å². The third-order valence-corrected chi connectivity index (χ3v) is 4.32. The van der Waals surface area contributed by atoms with Crippen molar-refractivity contribution in [1.29, 1.82) is 0 Å². The molecule has 0 saturated carbocycles. The van der Waals surface area contributed by atoms with Crippen LogP contribution in [0.4, 0.5) is 0 Å². The van der Waals surface area contributed by atoms with E-state index in [2.05, 4.69) is 9.88 Å². The number of carbonyl (C=O) groups is 1. The Morgan fingerprint density at radius 1 is 1.47 bits per heavy atom. The van der Waals surface area contributed by atoms with Gasteiger partial charge in [-0.1, -0.05) is 0 Å². The zero-order valence-electron chi connectivity index (χ0n) is 10.8. The first-order valence-corrected chi connectivity index (χ1v) is 7.49. The standard InChI is InChI=1S/C13H18N4OS/c14-10-1-3-16(4-2-10)9-12(18)7-11-8-17-5-6-19-13(17)15-11/h5-6,8,10H,1-4,7,9,14H2. The van der Waals surface area contributed by atoms with Crippen LogP contribution in [0.3, 0.4) is 0 Å². The maximum Gasteiger partial charge on any atom is 0.193 e. The molecule has 3 rings (SSSR count). The number of piperidine rings is 1. The van der Waals surface area contributed by atoms with Gasteiger partial charge in [-0.05, 0) is 12.8 Å². The van der Waals surface area contributed by atoms with E-state index in [0.29, 0.717) is 19.0 Å². The number of fused-ring (bicyclic) bond motifs is 1. The summed E-state index contributed by atoms with van der Waals surface area (Å²) in [4.78, 5) is 19.6. The molecule has 0 amide bonds. The summed E-state index contributed by atoms with van der Waals surface area (Å²) in [5.41, 5.74) is 6.73. The molecule has 0 spiro atoms. The number of nitrogens with zero attached hydrogens (tertiary/aromatic N) is 3. The highest BCUT2D eigenvalue weighted by Gasteiger charge is 2.18. The number of hydrogen-bond donors (Lipinski definition) is 1. The normalized spacial score (nSPS) is 18.2. The van der Waals surface area contributed by atoms with Crippen LogP contribution in [0.2, 0.25) is 0 Å². The summed E-state index contributed by atoms with van der Waals surface area (Å²) in [6.07, 6.45) is 6.32. The van der Waals surface area contributed by atoms with Crippen molar-refractivity contribution in [3.63, 3.8) is 0 Å². The van der Waals surface area contributed by atoms with Gasteiger partial charge in [-0.25, -0.2) is 4.98 Å². The molecule has 1 aliphatic heterocycles. The highest BCUT2D eigenvalue weighted by atomic mass is 32.1. The van der Waals surface area contributed by atoms with Crippen LogP contribution in [-0.2, 0) is 11.2 Å². The van der Waals surface area contributed by atoms with Gasteiger partial charge in [-0.2, -0.15) is 0 Å². The number of nitrogens with two attached hydrogens (primary N) is 1. The highest BCUT2D eigenvalue weighted by Crippen LogP contribution is 2.13. The van der Waals surface area contributed by atoms with Gasteiger partial charge in [0.25, 0.3) is 0 Å². The smallest absolute Gasteiger partial charge is 0.193 e. The van der Waals surface area contributed by atoms with Crippen molar-refractivity contribution in [1.82, 2.24) is 14.3 Å². The van der Waals surface area contributed by atoms with Crippen LogP contribution in [0.25, 0.3) is 4.96 Å². The van der Waals surface area contributed by atoms with Gasteiger partial charge in [0.15, 0.2) is 10.7 Å². The summed E-state index contributed by atoms with van der Waals surface area (Å²) in [5, 5.41) is 1.99. The molecule has 1 fully saturated rings. The molecule has 5 nitrogen and oxygen atoms in total. The third-order valence-electron chi connectivity index (χ3n) is 3.55. The van der Waals surface area contributed by atoms with E-state index in [4.69, 9.17) is 5.73 Å². The summed E-state index contributed by atoms with van der Waals surface area (Å²) < 4.78 is 1.97. The predicted molar refractivity (Wildman–Crippen MR) is 75.4 cm³/mol. The number of imidazole rings is 1. The molecule has 0 radical (unpaired) electrons. The monoisotopic (exact) mass is 278 g/mol. The van der Waals surface area contributed by atoms with Gasteiger partial charge in [0.05, 0.1) is 18.7 Å². The molecule has 19 heavy (non-hydrogen) atoms. The van der Waals surface area contributed by atoms with E-state index >= 15 is 0 Å². The molecule has 2 N–H and O–H groups in total. The first-order chi connectivity index (χ1) is 9.20. The van der Waals surface area contributed by atoms with E-state index in [1.807, 2.05) is 22.2 Å². The van der Waals surface area contributed by atoms with Crippen molar-refractivity contribution in [3.05, 3.63) is 23.5 Å². The van der Waals surface area contributed by atoms with Gasteiger partial charge in [-0.3, -0.25) is 14.1 Å². The van der Waals surface area contributed by atoms with Gasteiger partial charge < -0.3 is 5.73 Å².